The maximum atomic E-state index is 12.6. The lowest BCUT2D eigenvalue weighted by atomic mass is 10.1. The van der Waals surface area contributed by atoms with Crippen LogP contribution in [0.3, 0.4) is 0 Å². The second-order valence-electron chi connectivity index (χ2n) is 8.16. The van der Waals surface area contributed by atoms with Gasteiger partial charge in [-0.25, -0.2) is 27.8 Å². The zero-order valence-electron chi connectivity index (χ0n) is 20.0. The molecule has 0 aliphatic heterocycles. The Morgan fingerprint density at radius 3 is 2.18 bits per heavy atom. The van der Waals surface area contributed by atoms with E-state index in [4.69, 9.17) is 17.3 Å². The van der Waals surface area contributed by atoms with E-state index >= 15 is 0 Å². The smallest absolute Gasteiger partial charge is 0.264 e. The van der Waals surface area contributed by atoms with E-state index in [1.807, 2.05) is 71.5 Å². The van der Waals surface area contributed by atoms with Crippen molar-refractivity contribution in [2.24, 2.45) is 0 Å². The summed E-state index contributed by atoms with van der Waals surface area (Å²) in [6.07, 6.45) is 4.90. The Morgan fingerprint density at radius 2 is 1.50 bits per heavy atom. The van der Waals surface area contributed by atoms with Gasteiger partial charge in [0, 0.05) is 41.9 Å². The predicted octanol–water partition coefficient (Wildman–Crippen LogP) is 4.62. The molecule has 2 heterocycles. The summed E-state index contributed by atoms with van der Waals surface area (Å²) in [5.74, 6) is 0.00513. The minimum absolute atomic E-state index is 0.00513. The summed E-state index contributed by atoms with van der Waals surface area (Å²) in [4.78, 5) is 7.86. The van der Waals surface area contributed by atoms with Crippen molar-refractivity contribution in [1.29, 1.82) is 0 Å². The average Bonchev–Trinajstić information content (AvgIpc) is 3.38. The van der Waals surface area contributed by atoms with Crippen LogP contribution in [0.2, 0.25) is 0 Å². The SMILES string of the molecule is O=S(=O)(Nc1ncccn1)c1ccc(NC(=S)NCc2cn(-c3ccccc3)nc2-c2ccccc2)cc1. The number of thiocarbonyl (C=S) groups is 1. The molecule has 0 bridgehead atoms. The first kappa shape index (κ1) is 25.1. The number of nitrogens with zero attached hydrogens (tertiary/aromatic N) is 4. The topological polar surface area (TPSA) is 114 Å². The Morgan fingerprint density at radius 1 is 0.842 bits per heavy atom. The predicted molar refractivity (Wildman–Crippen MR) is 151 cm³/mol. The first-order valence-electron chi connectivity index (χ1n) is 11.6. The zero-order chi connectivity index (χ0) is 26.4. The highest BCUT2D eigenvalue weighted by atomic mass is 32.2. The lowest BCUT2D eigenvalue weighted by Crippen LogP contribution is -2.28. The number of anilines is 2. The quantitative estimate of drug-likeness (QED) is 0.244. The molecular formula is C27H23N7O2S2. The van der Waals surface area contributed by atoms with Crippen LogP contribution in [0.25, 0.3) is 16.9 Å². The molecule has 190 valence electrons. The normalized spacial score (nSPS) is 11.1. The maximum absolute atomic E-state index is 12.6. The van der Waals surface area contributed by atoms with Crippen molar-refractivity contribution in [1.82, 2.24) is 25.1 Å². The molecule has 0 aliphatic carbocycles. The molecule has 0 spiro atoms. The van der Waals surface area contributed by atoms with Crippen LogP contribution in [0.4, 0.5) is 11.6 Å². The maximum Gasteiger partial charge on any atom is 0.264 e. The summed E-state index contributed by atoms with van der Waals surface area (Å²) in [5, 5.41) is 11.5. The monoisotopic (exact) mass is 541 g/mol. The fraction of sp³-hybridized carbons (Fsp3) is 0.0370. The van der Waals surface area contributed by atoms with Crippen LogP contribution in [0, 0.1) is 0 Å². The lowest BCUT2D eigenvalue weighted by Gasteiger charge is -2.11. The van der Waals surface area contributed by atoms with Crippen molar-refractivity contribution in [3.63, 3.8) is 0 Å². The van der Waals surface area contributed by atoms with Gasteiger partial charge in [0.1, 0.15) is 0 Å². The van der Waals surface area contributed by atoms with Crippen LogP contribution < -0.4 is 15.4 Å². The third-order valence-electron chi connectivity index (χ3n) is 5.51. The zero-order valence-corrected chi connectivity index (χ0v) is 21.7. The number of benzene rings is 3. The van der Waals surface area contributed by atoms with Crippen LogP contribution in [-0.2, 0) is 16.6 Å². The van der Waals surface area contributed by atoms with Crippen LogP contribution in [0.1, 0.15) is 5.56 Å². The number of rotatable bonds is 8. The van der Waals surface area contributed by atoms with Gasteiger partial charge >= 0.3 is 0 Å². The van der Waals surface area contributed by atoms with Gasteiger partial charge in [0.2, 0.25) is 5.95 Å². The number of sulfonamides is 1. The van der Waals surface area contributed by atoms with Gasteiger partial charge in [-0.1, -0.05) is 48.5 Å². The van der Waals surface area contributed by atoms with E-state index in [9.17, 15) is 8.42 Å². The molecule has 0 radical (unpaired) electrons. The molecule has 0 unspecified atom stereocenters. The van der Waals surface area contributed by atoms with E-state index in [-0.39, 0.29) is 10.8 Å². The molecule has 38 heavy (non-hydrogen) atoms. The highest BCUT2D eigenvalue weighted by Crippen LogP contribution is 2.24. The van der Waals surface area contributed by atoms with Gasteiger partial charge in [-0.2, -0.15) is 5.10 Å². The number of hydrogen-bond donors (Lipinski definition) is 3. The molecule has 0 saturated heterocycles. The molecule has 0 saturated carbocycles. The molecule has 0 aliphatic rings. The molecule has 11 heteroatoms. The third kappa shape index (κ3) is 6.02. The number of hydrogen-bond acceptors (Lipinski definition) is 6. The van der Waals surface area contributed by atoms with E-state index in [2.05, 4.69) is 25.3 Å². The van der Waals surface area contributed by atoms with Crippen LogP contribution in [0.5, 0.6) is 0 Å². The van der Waals surface area contributed by atoms with Crippen molar-refractivity contribution in [2.45, 2.75) is 11.4 Å². The molecule has 0 fully saturated rings. The van der Waals surface area contributed by atoms with Crippen molar-refractivity contribution in [2.75, 3.05) is 10.0 Å². The highest BCUT2D eigenvalue weighted by molar-refractivity contribution is 7.92. The summed E-state index contributed by atoms with van der Waals surface area (Å²) in [6.45, 7) is 0.441. The van der Waals surface area contributed by atoms with Gasteiger partial charge in [0.15, 0.2) is 5.11 Å². The van der Waals surface area contributed by atoms with Gasteiger partial charge in [-0.05, 0) is 54.7 Å². The van der Waals surface area contributed by atoms with Gasteiger partial charge in [0.05, 0.1) is 16.3 Å². The standard InChI is InChI=1S/C27H23N7O2S2/c35-38(36,33-26-28-16-7-17-29-26)24-14-12-22(13-15-24)31-27(37)30-18-21-19-34(23-10-5-2-6-11-23)32-25(21)20-8-3-1-4-9-20/h1-17,19H,18H2,(H,28,29,33)(H2,30,31,37). The number of para-hydroxylation sites is 1. The minimum Gasteiger partial charge on any atom is -0.358 e. The van der Waals surface area contributed by atoms with Crippen LogP contribution >= 0.6 is 12.2 Å². The highest BCUT2D eigenvalue weighted by Gasteiger charge is 2.16. The second-order valence-corrected chi connectivity index (χ2v) is 10.2. The van der Waals surface area contributed by atoms with E-state index in [1.54, 1.807) is 18.2 Å². The van der Waals surface area contributed by atoms with Gasteiger partial charge in [0.25, 0.3) is 10.0 Å². The molecular weight excluding hydrogens is 518 g/mol. The largest absolute Gasteiger partial charge is 0.358 e. The van der Waals surface area contributed by atoms with Crippen molar-refractivity contribution >= 4 is 39.0 Å². The van der Waals surface area contributed by atoms with E-state index < -0.39 is 10.0 Å². The average molecular weight is 542 g/mol. The van der Waals surface area contributed by atoms with Crippen molar-refractivity contribution in [3.8, 4) is 16.9 Å². The lowest BCUT2D eigenvalue weighted by molar-refractivity contribution is 0.601. The Labute approximate surface area is 225 Å². The van der Waals surface area contributed by atoms with Crippen molar-refractivity contribution < 1.29 is 8.42 Å². The Bertz CT molecular complexity index is 1630. The third-order valence-corrected chi connectivity index (χ3v) is 7.10. The minimum atomic E-state index is -3.82. The number of aromatic nitrogens is 4. The molecule has 3 N–H and O–H groups in total. The summed E-state index contributed by atoms with van der Waals surface area (Å²) in [5.41, 5.74) is 4.43. The molecule has 5 aromatic rings. The molecule has 5 rings (SSSR count). The fourth-order valence-corrected chi connectivity index (χ4v) is 4.84. The molecule has 2 aromatic heterocycles. The first-order chi connectivity index (χ1) is 18.5. The van der Waals surface area contributed by atoms with E-state index in [1.165, 1.54) is 24.5 Å². The van der Waals surface area contributed by atoms with E-state index in [0.717, 1.165) is 22.5 Å². The summed E-state index contributed by atoms with van der Waals surface area (Å²) < 4.78 is 29.4. The van der Waals surface area contributed by atoms with Gasteiger partial charge < -0.3 is 10.6 Å². The molecule has 9 nitrogen and oxygen atoms in total. The van der Waals surface area contributed by atoms with Gasteiger partial charge in [-0.3, -0.25) is 0 Å². The Balaban J connectivity index is 1.26. The Hall–Kier alpha value is -4.61. The summed E-state index contributed by atoms with van der Waals surface area (Å²) in [7, 11) is -3.82. The molecule has 3 aromatic carbocycles. The molecule has 0 atom stereocenters. The molecule has 0 amide bonds. The summed E-state index contributed by atoms with van der Waals surface area (Å²) >= 11 is 5.49. The second kappa shape index (κ2) is 11.2. The van der Waals surface area contributed by atoms with Crippen molar-refractivity contribution in [3.05, 3.63) is 115 Å². The van der Waals surface area contributed by atoms with Crippen LogP contribution in [-0.4, -0.2) is 33.3 Å². The first-order valence-corrected chi connectivity index (χ1v) is 13.5. The fourth-order valence-electron chi connectivity index (χ4n) is 3.69. The summed E-state index contributed by atoms with van der Waals surface area (Å²) in [6, 6.07) is 27.7. The number of nitrogens with one attached hydrogen (secondary N) is 3. The van der Waals surface area contributed by atoms with Gasteiger partial charge in [-0.15, -0.1) is 0 Å². The Kier molecular flexibility index (Phi) is 7.38. The van der Waals surface area contributed by atoms with Crippen LogP contribution in [0.15, 0.2) is 114 Å². The van der Waals surface area contributed by atoms with E-state index in [0.29, 0.717) is 17.3 Å².